The molecule has 0 saturated carbocycles. The van der Waals surface area contributed by atoms with Crippen molar-refractivity contribution >= 4 is 5.91 Å². The topological polar surface area (TPSA) is 68.0 Å². The van der Waals surface area contributed by atoms with E-state index in [-0.39, 0.29) is 11.8 Å². The van der Waals surface area contributed by atoms with E-state index in [1.54, 1.807) is 0 Å². The van der Waals surface area contributed by atoms with Gasteiger partial charge in [0.1, 0.15) is 0 Å². The molecular formula is C6H11N3O2. The maximum atomic E-state index is 10.6. The molecular weight excluding hydrogens is 146 g/mol. The van der Waals surface area contributed by atoms with Gasteiger partial charge in [-0.3, -0.25) is 4.79 Å². The van der Waals surface area contributed by atoms with E-state index in [9.17, 15) is 4.79 Å². The molecule has 1 amide bonds. The van der Waals surface area contributed by atoms with Gasteiger partial charge < -0.3 is 9.73 Å². The summed E-state index contributed by atoms with van der Waals surface area (Å²) >= 11 is 0. The first-order valence-electron chi connectivity index (χ1n) is 3.33. The second-order valence-electron chi connectivity index (χ2n) is 1.32. The molecule has 0 spiro atoms. The average molecular weight is 157 g/mol. The smallest absolute Gasteiger partial charge is 0.308 e. The third-order valence-electron chi connectivity index (χ3n) is 0.781. The van der Waals surface area contributed by atoms with E-state index in [0.29, 0.717) is 0 Å². The van der Waals surface area contributed by atoms with Crippen LogP contribution in [0.2, 0.25) is 0 Å². The summed E-state index contributed by atoms with van der Waals surface area (Å²) in [6, 6.07) is 0. The first kappa shape index (κ1) is 9.61. The first-order valence-corrected chi connectivity index (χ1v) is 3.33. The van der Waals surface area contributed by atoms with E-state index in [1.807, 2.05) is 13.8 Å². The molecule has 0 aromatic carbocycles. The van der Waals surface area contributed by atoms with Crippen molar-refractivity contribution in [1.82, 2.24) is 15.5 Å². The Hall–Kier alpha value is -1.39. The maximum absolute atomic E-state index is 10.6. The summed E-state index contributed by atoms with van der Waals surface area (Å²) in [6.07, 6.45) is 1.10. The Morgan fingerprint density at radius 3 is 2.64 bits per heavy atom. The number of carbonyl (C=O) groups is 1. The van der Waals surface area contributed by atoms with Crippen LogP contribution in [-0.4, -0.2) is 23.2 Å². The molecule has 1 aromatic heterocycles. The highest BCUT2D eigenvalue weighted by Gasteiger charge is 2.06. The molecule has 1 N–H and O–H groups in total. The molecule has 5 nitrogen and oxygen atoms in total. The minimum atomic E-state index is -0.368. The highest BCUT2D eigenvalue weighted by atomic mass is 16.4. The van der Waals surface area contributed by atoms with Crippen LogP contribution in [0.5, 0.6) is 0 Å². The summed E-state index contributed by atoms with van der Waals surface area (Å²) in [5, 5.41) is 9.00. The first-order chi connectivity index (χ1) is 5.34. The molecule has 0 bridgehead atoms. The molecule has 0 unspecified atom stereocenters. The Morgan fingerprint density at radius 2 is 2.27 bits per heavy atom. The van der Waals surface area contributed by atoms with Crippen molar-refractivity contribution in [2.75, 3.05) is 7.05 Å². The number of amides is 1. The summed E-state index contributed by atoms with van der Waals surface area (Å²) < 4.78 is 4.55. The van der Waals surface area contributed by atoms with Crippen LogP contribution in [0.25, 0.3) is 0 Å². The van der Waals surface area contributed by atoms with Gasteiger partial charge in [0.25, 0.3) is 0 Å². The Balaban J connectivity index is 0.000000461. The van der Waals surface area contributed by atoms with Gasteiger partial charge in [0, 0.05) is 7.05 Å². The molecule has 11 heavy (non-hydrogen) atoms. The fourth-order valence-electron chi connectivity index (χ4n) is 0.379. The molecule has 0 fully saturated rings. The van der Waals surface area contributed by atoms with E-state index in [2.05, 4.69) is 19.9 Å². The molecule has 0 aliphatic carbocycles. The van der Waals surface area contributed by atoms with Gasteiger partial charge in [0.05, 0.1) is 0 Å². The largest absolute Gasteiger partial charge is 0.420 e. The number of carbonyl (C=O) groups excluding carboxylic acids is 1. The number of hydrogen-bond donors (Lipinski definition) is 1. The van der Waals surface area contributed by atoms with Crippen molar-refractivity contribution in [3.8, 4) is 0 Å². The zero-order valence-corrected chi connectivity index (χ0v) is 6.79. The molecule has 62 valence electrons. The third-order valence-corrected chi connectivity index (χ3v) is 0.781. The lowest BCUT2D eigenvalue weighted by molar-refractivity contribution is 0.0928. The van der Waals surface area contributed by atoms with Gasteiger partial charge in [-0.1, -0.05) is 13.8 Å². The fourth-order valence-corrected chi connectivity index (χ4v) is 0.379. The van der Waals surface area contributed by atoms with Crippen LogP contribution >= 0.6 is 0 Å². The zero-order chi connectivity index (χ0) is 8.69. The van der Waals surface area contributed by atoms with Gasteiger partial charge in [-0.25, -0.2) is 0 Å². The average Bonchev–Trinajstić information content (AvgIpc) is 2.59. The predicted octanol–water partition coefficient (Wildman–Crippen LogP) is 0.455. The summed E-state index contributed by atoms with van der Waals surface area (Å²) in [7, 11) is 1.49. The molecule has 0 aliphatic heterocycles. The Bertz CT molecular complexity index is 196. The SMILES string of the molecule is CC.CNC(=O)c1nnco1. The van der Waals surface area contributed by atoms with Gasteiger partial charge >= 0.3 is 11.8 Å². The molecule has 0 saturated heterocycles. The second-order valence-corrected chi connectivity index (χ2v) is 1.32. The van der Waals surface area contributed by atoms with Crippen molar-refractivity contribution in [2.24, 2.45) is 0 Å². The van der Waals surface area contributed by atoms with Crippen LogP contribution in [0.1, 0.15) is 24.5 Å². The number of nitrogens with zero attached hydrogens (tertiary/aromatic N) is 2. The van der Waals surface area contributed by atoms with E-state index >= 15 is 0 Å². The van der Waals surface area contributed by atoms with Crippen LogP contribution in [0, 0.1) is 0 Å². The lowest BCUT2D eigenvalue weighted by Gasteiger charge is -1.87. The number of hydrogen-bond acceptors (Lipinski definition) is 4. The fraction of sp³-hybridized carbons (Fsp3) is 0.500. The molecule has 5 heteroatoms. The lowest BCUT2D eigenvalue weighted by Crippen LogP contribution is -2.17. The van der Waals surface area contributed by atoms with Gasteiger partial charge in [0.15, 0.2) is 0 Å². The Kier molecular flexibility index (Phi) is 4.72. The van der Waals surface area contributed by atoms with Crippen molar-refractivity contribution < 1.29 is 9.21 Å². The quantitative estimate of drug-likeness (QED) is 0.642. The summed E-state index contributed by atoms with van der Waals surface area (Å²) in [4.78, 5) is 10.6. The highest BCUT2D eigenvalue weighted by molar-refractivity contribution is 5.88. The predicted molar refractivity (Wildman–Crippen MR) is 39.0 cm³/mol. The number of nitrogens with one attached hydrogen (secondary N) is 1. The van der Waals surface area contributed by atoms with Crippen LogP contribution in [0.4, 0.5) is 0 Å². The van der Waals surface area contributed by atoms with Gasteiger partial charge in [-0.15, -0.1) is 10.2 Å². The summed E-state index contributed by atoms with van der Waals surface area (Å²) in [6.45, 7) is 4.00. The minimum Gasteiger partial charge on any atom is -0.420 e. The molecule has 0 atom stereocenters. The molecule has 0 radical (unpaired) electrons. The minimum absolute atomic E-state index is 0.0162. The maximum Gasteiger partial charge on any atom is 0.308 e. The van der Waals surface area contributed by atoms with Crippen LogP contribution in [0.3, 0.4) is 0 Å². The Morgan fingerprint density at radius 1 is 1.64 bits per heavy atom. The van der Waals surface area contributed by atoms with E-state index in [4.69, 9.17) is 0 Å². The van der Waals surface area contributed by atoms with Gasteiger partial charge in [-0.05, 0) is 0 Å². The van der Waals surface area contributed by atoms with Gasteiger partial charge in [-0.2, -0.15) is 0 Å². The summed E-state index contributed by atoms with van der Waals surface area (Å²) in [5.74, 6) is -0.384. The standard InChI is InChI=1S/C4H5N3O2.C2H6/c1-5-3(8)4-7-6-2-9-4;1-2/h2H,1H3,(H,5,8);1-2H3. The van der Waals surface area contributed by atoms with Gasteiger partial charge in [0.2, 0.25) is 6.39 Å². The van der Waals surface area contributed by atoms with Crippen molar-refractivity contribution in [3.63, 3.8) is 0 Å². The lowest BCUT2D eigenvalue weighted by atomic mass is 10.6. The second kappa shape index (κ2) is 5.40. The van der Waals surface area contributed by atoms with Crippen LogP contribution in [-0.2, 0) is 0 Å². The molecule has 1 rings (SSSR count). The van der Waals surface area contributed by atoms with E-state index in [0.717, 1.165) is 6.39 Å². The summed E-state index contributed by atoms with van der Waals surface area (Å²) in [5.41, 5.74) is 0. The monoisotopic (exact) mass is 157 g/mol. The van der Waals surface area contributed by atoms with Crippen LogP contribution < -0.4 is 5.32 Å². The number of aromatic nitrogens is 2. The molecule has 1 heterocycles. The molecule has 1 aromatic rings. The van der Waals surface area contributed by atoms with Crippen LogP contribution in [0.15, 0.2) is 10.8 Å². The highest BCUT2D eigenvalue weighted by Crippen LogP contribution is 1.88. The third kappa shape index (κ3) is 2.79. The zero-order valence-electron chi connectivity index (χ0n) is 6.79. The van der Waals surface area contributed by atoms with Crippen molar-refractivity contribution in [1.29, 1.82) is 0 Å². The van der Waals surface area contributed by atoms with Crippen molar-refractivity contribution in [3.05, 3.63) is 12.3 Å². The molecule has 0 aliphatic rings. The van der Waals surface area contributed by atoms with E-state index in [1.165, 1.54) is 7.05 Å². The van der Waals surface area contributed by atoms with Crippen molar-refractivity contribution in [2.45, 2.75) is 13.8 Å². The normalized spacial score (nSPS) is 7.91. The Labute approximate surface area is 64.8 Å². The van der Waals surface area contributed by atoms with E-state index < -0.39 is 0 Å². The number of rotatable bonds is 1.